The van der Waals surface area contributed by atoms with Crippen molar-refractivity contribution in [1.29, 1.82) is 0 Å². The zero-order valence-electron chi connectivity index (χ0n) is 14.7. The first-order valence-corrected chi connectivity index (χ1v) is 10.0. The Morgan fingerprint density at radius 3 is 2.56 bits per heavy atom. The number of hydrogen-bond donors (Lipinski definition) is 1. The van der Waals surface area contributed by atoms with Crippen LogP contribution in [0.15, 0.2) is 47.4 Å². The van der Waals surface area contributed by atoms with Crippen LogP contribution in [0, 0.1) is 0 Å². The molecule has 0 saturated carbocycles. The number of sulfone groups is 1. The summed E-state index contributed by atoms with van der Waals surface area (Å²) in [4.78, 5) is 23.9. The Kier molecular flexibility index (Phi) is 6.81. The number of amides is 1. The molecule has 27 heavy (non-hydrogen) atoms. The highest BCUT2D eigenvalue weighted by molar-refractivity contribution is 7.90. The quantitative estimate of drug-likeness (QED) is 0.701. The molecule has 0 aliphatic carbocycles. The Bertz CT molecular complexity index is 958. The van der Waals surface area contributed by atoms with Crippen LogP contribution >= 0.6 is 11.6 Å². The number of methoxy groups -OCH3 is 1. The van der Waals surface area contributed by atoms with Crippen LogP contribution in [0.5, 0.6) is 5.75 Å². The molecule has 0 bridgehead atoms. The summed E-state index contributed by atoms with van der Waals surface area (Å²) in [5.41, 5.74) is 0.693. The summed E-state index contributed by atoms with van der Waals surface area (Å²) in [6.45, 7) is -0.292. The van der Waals surface area contributed by atoms with E-state index >= 15 is 0 Å². The minimum atomic E-state index is -3.51. The number of nitrogens with one attached hydrogen (secondary N) is 1. The maximum Gasteiger partial charge on any atom is 0.340 e. The van der Waals surface area contributed by atoms with E-state index in [9.17, 15) is 18.0 Å². The molecular weight excluding hydrogens is 394 g/mol. The standard InChI is InChI=1S/C18H18ClNO6S/c1-25-13-5-3-4-12(8-13)10-20-17(21)11-26-18(22)15-9-14(27(2,23)24)6-7-16(15)19/h3-9H,10-11H2,1-2H3,(H,20,21). The van der Waals surface area contributed by atoms with Crippen LogP contribution in [-0.4, -0.2) is 40.3 Å². The zero-order chi connectivity index (χ0) is 20.0. The predicted molar refractivity (Wildman–Crippen MR) is 99.7 cm³/mol. The third-order valence-electron chi connectivity index (χ3n) is 3.54. The maximum absolute atomic E-state index is 12.1. The van der Waals surface area contributed by atoms with Gasteiger partial charge in [-0.3, -0.25) is 4.79 Å². The van der Waals surface area contributed by atoms with E-state index in [2.05, 4.69) is 5.32 Å². The number of esters is 1. The fourth-order valence-corrected chi connectivity index (χ4v) is 2.98. The Morgan fingerprint density at radius 2 is 1.89 bits per heavy atom. The SMILES string of the molecule is COc1cccc(CNC(=O)COC(=O)c2cc(S(C)(=O)=O)ccc2Cl)c1. The van der Waals surface area contributed by atoms with Gasteiger partial charge in [0, 0.05) is 12.8 Å². The summed E-state index contributed by atoms with van der Waals surface area (Å²) < 4.78 is 33.2. The van der Waals surface area contributed by atoms with Crippen molar-refractivity contribution in [2.24, 2.45) is 0 Å². The third-order valence-corrected chi connectivity index (χ3v) is 4.98. The monoisotopic (exact) mass is 411 g/mol. The van der Waals surface area contributed by atoms with Crippen LogP contribution in [0.4, 0.5) is 0 Å². The van der Waals surface area contributed by atoms with E-state index in [1.165, 1.54) is 12.1 Å². The molecule has 2 aromatic carbocycles. The molecule has 0 fully saturated rings. The molecule has 0 aliphatic rings. The fraction of sp³-hybridized carbons (Fsp3) is 0.222. The van der Waals surface area contributed by atoms with Crippen molar-refractivity contribution in [3.8, 4) is 5.75 Å². The van der Waals surface area contributed by atoms with Gasteiger partial charge in [0.25, 0.3) is 5.91 Å². The average molecular weight is 412 g/mol. The van der Waals surface area contributed by atoms with E-state index in [1.807, 2.05) is 6.07 Å². The van der Waals surface area contributed by atoms with Gasteiger partial charge in [-0.15, -0.1) is 0 Å². The lowest BCUT2D eigenvalue weighted by molar-refractivity contribution is -0.124. The van der Waals surface area contributed by atoms with Crippen molar-refractivity contribution < 1.29 is 27.5 Å². The number of ether oxygens (including phenoxy) is 2. The highest BCUT2D eigenvalue weighted by atomic mass is 35.5. The minimum Gasteiger partial charge on any atom is -0.497 e. The predicted octanol–water partition coefficient (Wildman–Crippen LogP) is 2.23. The molecule has 0 spiro atoms. The second-order valence-corrected chi connectivity index (χ2v) is 8.04. The van der Waals surface area contributed by atoms with Crippen molar-refractivity contribution in [2.45, 2.75) is 11.4 Å². The smallest absolute Gasteiger partial charge is 0.340 e. The fourth-order valence-electron chi connectivity index (χ4n) is 2.13. The Balaban J connectivity index is 1.94. The second-order valence-electron chi connectivity index (χ2n) is 5.62. The van der Waals surface area contributed by atoms with Gasteiger partial charge in [-0.1, -0.05) is 23.7 Å². The van der Waals surface area contributed by atoms with Crippen LogP contribution in [0.3, 0.4) is 0 Å². The lowest BCUT2D eigenvalue weighted by atomic mass is 10.2. The first-order chi connectivity index (χ1) is 12.7. The van der Waals surface area contributed by atoms with E-state index in [4.69, 9.17) is 21.1 Å². The van der Waals surface area contributed by atoms with Crippen molar-refractivity contribution in [3.05, 3.63) is 58.6 Å². The average Bonchev–Trinajstić information content (AvgIpc) is 2.64. The molecule has 2 rings (SSSR count). The van der Waals surface area contributed by atoms with Crippen LogP contribution in [-0.2, 0) is 25.9 Å². The van der Waals surface area contributed by atoms with E-state index < -0.39 is 28.3 Å². The summed E-state index contributed by atoms with van der Waals surface area (Å²) in [6, 6.07) is 10.8. The Hall–Kier alpha value is -2.58. The topological polar surface area (TPSA) is 98.8 Å². The summed E-state index contributed by atoms with van der Waals surface area (Å²) >= 11 is 5.92. The Labute approximate surface area is 162 Å². The molecular formula is C18H18ClNO6S. The van der Waals surface area contributed by atoms with Gasteiger partial charge in [0.15, 0.2) is 16.4 Å². The highest BCUT2D eigenvalue weighted by Crippen LogP contribution is 2.21. The van der Waals surface area contributed by atoms with Gasteiger partial charge in [0.2, 0.25) is 0 Å². The molecule has 0 aliphatic heterocycles. The van der Waals surface area contributed by atoms with E-state index in [0.29, 0.717) is 5.75 Å². The van der Waals surface area contributed by atoms with Crippen LogP contribution in [0.2, 0.25) is 5.02 Å². The number of hydrogen-bond acceptors (Lipinski definition) is 6. The molecule has 9 heteroatoms. The molecule has 2 aromatic rings. The van der Waals surface area contributed by atoms with Crippen LogP contribution < -0.4 is 10.1 Å². The lowest BCUT2D eigenvalue weighted by Gasteiger charge is -2.09. The molecule has 0 aromatic heterocycles. The van der Waals surface area contributed by atoms with E-state index in [1.54, 1.807) is 25.3 Å². The Morgan fingerprint density at radius 1 is 1.15 bits per heavy atom. The molecule has 0 saturated heterocycles. The number of carbonyl (C=O) groups excluding carboxylic acids is 2. The first kappa shape index (κ1) is 20.7. The molecule has 1 N–H and O–H groups in total. The normalized spacial score (nSPS) is 10.9. The van der Waals surface area contributed by atoms with Crippen molar-refractivity contribution >= 4 is 33.3 Å². The van der Waals surface area contributed by atoms with Crippen LogP contribution in [0.1, 0.15) is 15.9 Å². The van der Waals surface area contributed by atoms with Gasteiger partial charge >= 0.3 is 5.97 Å². The molecule has 1 amide bonds. The van der Waals surface area contributed by atoms with Crippen LogP contribution in [0.25, 0.3) is 0 Å². The maximum atomic E-state index is 12.1. The van der Waals surface area contributed by atoms with Crippen molar-refractivity contribution in [2.75, 3.05) is 20.0 Å². The van der Waals surface area contributed by atoms with Gasteiger partial charge in [0.05, 0.1) is 22.6 Å². The van der Waals surface area contributed by atoms with E-state index in [0.717, 1.165) is 17.9 Å². The number of rotatable bonds is 7. The summed E-state index contributed by atoms with van der Waals surface area (Å²) in [5.74, 6) is -0.739. The highest BCUT2D eigenvalue weighted by Gasteiger charge is 2.17. The number of halogens is 1. The number of benzene rings is 2. The lowest BCUT2D eigenvalue weighted by Crippen LogP contribution is -2.28. The summed E-state index contributed by atoms with van der Waals surface area (Å²) in [6.07, 6.45) is 1.01. The van der Waals surface area contributed by atoms with Gasteiger partial charge in [0.1, 0.15) is 5.75 Å². The molecule has 0 unspecified atom stereocenters. The second kappa shape index (κ2) is 8.88. The molecule has 0 radical (unpaired) electrons. The molecule has 144 valence electrons. The van der Waals surface area contributed by atoms with E-state index in [-0.39, 0.29) is 22.0 Å². The summed E-state index contributed by atoms with van der Waals surface area (Å²) in [5, 5.41) is 2.64. The molecule has 0 atom stereocenters. The zero-order valence-corrected chi connectivity index (χ0v) is 16.3. The molecule has 7 nitrogen and oxygen atoms in total. The van der Waals surface area contributed by atoms with Gasteiger partial charge < -0.3 is 14.8 Å². The van der Waals surface area contributed by atoms with Gasteiger partial charge in [-0.05, 0) is 35.9 Å². The van der Waals surface area contributed by atoms with Crippen molar-refractivity contribution in [3.63, 3.8) is 0 Å². The molecule has 0 heterocycles. The minimum absolute atomic E-state index is 0.0317. The summed E-state index contributed by atoms with van der Waals surface area (Å²) in [7, 11) is -1.97. The largest absolute Gasteiger partial charge is 0.497 e. The first-order valence-electron chi connectivity index (χ1n) is 7.77. The number of carbonyl (C=O) groups is 2. The van der Waals surface area contributed by atoms with Gasteiger partial charge in [-0.2, -0.15) is 0 Å². The van der Waals surface area contributed by atoms with Crippen molar-refractivity contribution in [1.82, 2.24) is 5.32 Å². The van der Waals surface area contributed by atoms with Gasteiger partial charge in [-0.25, -0.2) is 13.2 Å². The third kappa shape index (κ3) is 5.97.